The Morgan fingerprint density at radius 2 is 2.03 bits per heavy atom. The number of nitrogens with one attached hydrogen (secondary N) is 2. The Bertz CT molecular complexity index is 1150. The topological polar surface area (TPSA) is 83.8 Å². The molecule has 4 aromatic rings. The molecule has 1 fully saturated rings. The maximum Gasteiger partial charge on any atom is 0.158 e. The highest BCUT2D eigenvalue weighted by Gasteiger charge is 2.24. The zero-order chi connectivity index (χ0) is 20.0. The minimum absolute atomic E-state index is 0.329. The quantitative estimate of drug-likeness (QED) is 0.531. The molecule has 150 valence electrons. The molecule has 7 nitrogen and oxygen atoms in total. The van der Waals surface area contributed by atoms with Gasteiger partial charge in [0.2, 0.25) is 0 Å². The second-order valence-electron chi connectivity index (χ2n) is 8.04. The minimum atomic E-state index is 0.329. The molecule has 0 spiro atoms. The van der Waals surface area contributed by atoms with Gasteiger partial charge in [0.25, 0.3) is 0 Å². The zero-order valence-electron chi connectivity index (χ0n) is 16.9. The van der Waals surface area contributed by atoms with Gasteiger partial charge in [-0.15, -0.1) is 11.3 Å². The number of aromatic nitrogens is 6. The lowest BCUT2D eigenvalue weighted by Gasteiger charge is -2.20. The van der Waals surface area contributed by atoms with Crippen LogP contribution in [0.4, 0.5) is 0 Å². The summed E-state index contributed by atoms with van der Waals surface area (Å²) in [6, 6.07) is 2.14. The molecule has 8 heteroatoms. The summed E-state index contributed by atoms with van der Waals surface area (Å²) in [6.07, 6.45) is 7.93. The van der Waals surface area contributed by atoms with E-state index in [-0.39, 0.29) is 0 Å². The predicted octanol–water partition coefficient (Wildman–Crippen LogP) is 4.14. The fraction of sp³-hybridized carbons (Fsp3) is 0.429. The molecule has 5 rings (SSSR count). The number of H-pyrrole nitrogens is 1. The first-order valence-electron chi connectivity index (χ1n) is 10.2. The number of hydrogen-bond acceptors (Lipinski definition) is 6. The second-order valence-corrected chi connectivity index (χ2v) is 9.10. The van der Waals surface area contributed by atoms with Crippen LogP contribution in [0.2, 0.25) is 0 Å². The smallest absolute Gasteiger partial charge is 0.158 e. The van der Waals surface area contributed by atoms with Crippen molar-refractivity contribution in [3.63, 3.8) is 0 Å². The summed E-state index contributed by atoms with van der Waals surface area (Å²) in [5, 5.41) is 17.0. The summed E-state index contributed by atoms with van der Waals surface area (Å²) in [5.41, 5.74) is 6.31. The Kier molecular flexibility index (Phi) is 4.67. The van der Waals surface area contributed by atoms with Crippen LogP contribution in [0.25, 0.3) is 27.5 Å². The molecule has 1 aliphatic heterocycles. The lowest BCUT2D eigenvalue weighted by Crippen LogP contribution is -2.26. The van der Waals surface area contributed by atoms with Gasteiger partial charge in [0.15, 0.2) is 5.65 Å². The average Bonchev–Trinajstić information content (AvgIpc) is 3.46. The standard InChI is InChI=1S/C21H25N7S/c1-12(2)17-18(15-8-13(3)20-24-11-25-28(20)10-15)26-27-19(17)16-9-23-21(29-16)14-4-6-22-7-5-14/h8-12,14,22H,4-7H2,1-3H3,(H,26,27). The van der Waals surface area contributed by atoms with E-state index in [0.717, 1.165) is 54.1 Å². The van der Waals surface area contributed by atoms with E-state index in [0.29, 0.717) is 11.8 Å². The van der Waals surface area contributed by atoms with Crippen LogP contribution in [0.15, 0.2) is 24.8 Å². The first-order valence-corrected chi connectivity index (χ1v) is 11.0. The van der Waals surface area contributed by atoms with Crippen molar-refractivity contribution in [3.8, 4) is 21.8 Å². The monoisotopic (exact) mass is 407 g/mol. The molecule has 0 aromatic carbocycles. The van der Waals surface area contributed by atoms with Crippen molar-refractivity contribution < 1.29 is 0 Å². The number of aryl methyl sites for hydroxylation is 1. The third kappa shape index (κ3) is 3.26. The number of thiazole rings is 1. The minimum Gasteiger partial charge on any atom is -0.317 e. The van der Waals surface area contributed by atoms with E-state index in [4.69, 9.17) is 10.1 Å². The van der Waals surface area contributed by atoms with Crippen molar-refractivity contribution in [2.24, 2.45) is 0 Å². The molecule has 0 atom stereocenters. The maximum absolute atomic E-state index is 4.77. The van der Waals surface area contributed by atoms with E-state index >= 15 is 0 Å². The Hall–Kier alpha value is -2.58. The average molecular weight is 408 g/mol. The lowest BCUT2D eigenvalue weighted by atomic mass is 9.96. The van der Waals surface area contributed by atoms with E-state index in [1.807, 2.05) is 16.9 Å². The SMILES string of the molecule is Cc1cc(-c2n[nH]c(-c3cnc(C4CCNCC4)s3)c2C(C)C)cn2ncnc12. The fourth-order valence-corrected chi connectivity index (χ4v) is 5.30. The van der Waals surface area contributed by atoms with Crippen molar-refractivity contribution in [1.29, 1.82) is 0 Å². The van der Waals surface area contributed by atoms with E-state index in [2.05, 4.69) is 47.3 Å². The van der Waals surface area contributed by atoms with Crippen LogP contribution in [0.1, 0.15) is 54.7 Å². The molecule has 0 amide bonds. The summed E-state index contributed by atoms with van der Waals surface area (Å²) in [6.45, 7) is 8.65. The van der Waals surface area contributed by atoms with Gasteiger partial charge in [-0.25, -0.2) is 14.5 Å². The van der Waals surface area contributed by atoms with Gasteiger partial charge < -0.3 is 5.32 Å². The van der Waals surface area contributed by atoms with Gasteiger partial charge in [-0.3, -0.25) is 5.10 Å². The third-order valence-electron chi connectivity index (χ3n) is 5.67. The molecule has 0 saturated carbocycles. The molecule has 0 radical (unpaired) electrons. The Morgan fingerprint density at radius 3 is 2.83 bits per heavy atom. The molecular weight excluding hydrogens is 382 g/mol. The highest BCUT2D eigenvalue weighted by atomic mass is 32.1. The molecule has 5 heterocycles. The molecule has 29 heavy (non-hydrogen) atoms. The van der Waals surface area contributed by atoms with Gasteiger partial charge in [0, 0.05) is 29.4 Å². The number of aromatic amines is 1. The van der Waals surface area contributed by atoms with Gasteiger partial charge in [-0.1, -0.05) is 13.8 Å². The molecule has 1 saturated heterocycles. The van der Waals surface area contributed by atoms with Crippen molar-refractivity contribution in [2.45, 2.75) is 45.4 Å². The van der Waals surface area contributed by atoms with E-state index in [1.165, 1.54) is 15.4 Å². The van der Waals surface area contributed by atoms with Gasteiger partial charge in [-0.05, 0) is 50.4 Å². The molecule has 4 aromatic heterocycles. The van der Waals surface area contributed by atoms with Crippen LogP contribution >= 0.6 is 11.3 Å². The highest BCUT2D eigenvalue weighted by Crippen LogP contribution is 2.39. The number of pyridine rings is 1. The number of hydrogen-bond donors (Lipinski definition) is 2. The summed E-state index contributed by atoms with van der Waals surface area (Å²) in [4.78, 5) is 10.3. The van der Waals surface area contributed by atoms with E-state index < -0.39 is 0 Å². The Morgan fingerprint density at radius 1 is 1.21 bits per heavy atom. The molecule has 0 unspecified atom stereocenters. The first kappa shape index (κ1) is 18.4. The molecule has 0 bridgehead atoms. The van der Waals surface area contributed by atoms with Crippen molar-refractivity contribution in [2.75, 3.05) is 13.1 Å². The van der Waals surface area contributed by atoms with Crippen LogP contribution in [0.5, 0.6) is 0 Å². The third-order valence-corrected chi connectivity index (χ3v) is 6.85. The number of piperidine rings is 1. The number of rotatable bonds is 4. The Labute approximate surface area is 173 Å². The van der Waals surface area contributed by atoms with Crippen LogP contribution in [-0.4, -0.2) is 42.9 Å². The van der Waals surface area contributed by atoms with E-state index in [9.17, 15) is 0 Å². The summed E-state index contributed by atoms with van der Waals surface area (Å²) >= 11 is 1.80. The highest BCUT2D eigenvalue weighted by molar-refractivity contribution is 7.15. The molecule has 2 N–H and O–H groups in total. The fourth-order valence-electron chi connectivity index (χ4n) is 4.20. The predicted molar refractivity (Wildman–Crippen MR) is 115 cm³/mol. The van der Waals surface area contributed by atoms with Gasteiger partial charge in [-0.2, -0.15) is 10.2 Å². The second kappa shape index (κ2) is 7.35. The van der Waals surface area contributed by atoms with Gasteiger partial charge >= 0.3 is 0 Å². The van der Waals surface area contributed by atoms with E-state index in [1.54, 1.807) is 17.7 Å². The van der Waals surface area contributed by atoms with Crippen molar-refractivity contribution in [1.82, 2.24) is 35.1 Å². The Balaban J connectivity index is 1.57. The number of nitrogens with zero attached hydrogens (tertiary/aromatic N) is 5. The maximum atomic E-state index is 4.77. The van der Waals surface area contributed by atoms with Crippen molar-refractivity contribution in [3.05, 3.63) is 40.9 Å². The zero-order valence-corrected chi connectivity index (χ0v) is 17.8. The largest absolute Gasteiger partial charge is 0.317 e. The van der Waals surface area contributed by atoms with Crippen LogP contribution in [0.3, 0.4) is 0 Å². The number of fused-ring (bicyclic) bond motifs is 1. The molecular formula is C21H25N7S. The van der Waals surface area contributed by atoms with Crippen LogP contribution < -0.4 is 5.32 Å². The van der Waals surface area contributed by atoms with Gasteiger partial charge in [0.05, 0.1) is 21.3 Å². The summed E-state index contributed by atoms with van der Waals surface area (Å²) in [7, 11) is 0. The van der Waals surface area contributed by atoms with Crippen LogP contribution in [0, 0.1) is 6.92 Å². The molecule has 1 aliphatic rings. The van der Waals surface area contributed by atoms with Crippen molar-refractivity contribution >= 4 is 17.0 Å². The lowest BCUT2D eigenvalue weighted by molar-refractivity contribution is 0.459. The summed E-state index contributed by atoms with van der Waals surface area (Å²) < 4.78 is 1.82. The van der Waals surface area contributed by atoms with Gasteiger partial charge in [0.1, 0.15) is 6.33 Å². The first-order chi connectivity index (χ1) is 14.1. The normalized spacial score (nSPS) is 15.6. The molecule has 0 aliphatic carbocycles. The van der Waals surface area contributed by atoms with Crippen LogP contribution in [-0.2, 0) is 0 Å². The summed E-state index contributed by atoms with van der Waals surface area (Å²) in [5.74, 6) is 0.896.